The van der Waals surface area contributed by atoms with Gasteiger partial charge in [-0.3, -0.25) is 14.7 Å². The minimum Gasteiger partial charge on any atom is -0.442 e. The first-order chi connectivity index (χ1) is 17.4. The van der Waals surface area contributed by atoms with Gasteiger partial charge in [0.15, 0.2) is 0 Å². The molecule has 4 rings (SSSR count). The summed E-state index contributed by atoms with van der Waals surface area (Å²) in [7, 11) is 1.67. The highest BCUT2D eigenvalue weighted by molar-refractivity contribution is 5.90. The number of benzene rings is 2. The van der Waals surface area contributed by atoms with Gasteiger partial charge in [-0.15, -0.1) is 0 Å². The number of nitrogens with one attached hydrogen (secondary N) is 2. The molecule has 2 heterocycles. The zero-order chi connectivity index (χ0) is 25.7. The number of rotatable bonds is 9. The van der Waals surface area contributed by atoms with Crippen molar-refractivity contribution in [3.8, 4) is 11.1 Å². The lowest BCUT2D eigenvalue weighted by Gasteiger charge is -2.15. The van der Waals surface area contributed by atoms with Crippen LogP contribution in [0.5, 0.6) is 0 Å². The molecule has 1 aliphatic rings. The van der Waals surface area contributed by atoms with Crippen molar-refractivity contribution in [3.05, 3.63) is 65.9 Å². The van der Waals surface area contributed by atoms with Gasteiger partial charge in [0.2, 0.25) is 5.91 Å². The van der Waals surface area contributed by atoms with E-state index in [1.165, 1.54) is 17.9 Å². The molecule has 0 radical (unpaired) electrons. The molecule has 0 saturated carbocycles. The monoisotopic (exact) mass is 493 g/mol. The van der Waals surface area contributed by atoms with Crippen LogP contribution in [-0.2, 0) is 22.6 Å². The predicted octanol–water partition coefficient (Wildman–Crippen LogP) is 2.73. The Morgan fingerprint density at radius 1 is 1.31 bits per heavy atom. The number of anilines is 2. The number of ether oxygens (including phenoxy) is 1. The van der Waals surface area contributed by atoms with Gasteiger partial charge in [0, 0.05) is 26.1 Å². The number of nitrogens with two attached hydrogens (primary N) is 1. The SMILES string of the molecule is CN=CNc1c(CN)ncn1Cc1ccc(-c2ccc(N3C[C@H](CNC(C)=O)OC3=O)cc2F)cc1. The first-order valence-electron chi connectivity index (χ1n) is 11.4. The van der Waals surface area contributed by atoms with Crippen LogP contribution < -0.4 is 21.3 Å². The second-order valence-corrected chi connectivity index (χ2v) is 8.32. The standard InChI is InChI=1S/C25H28FN7O3/c1-16(34)29-11-20-13-33(25(35)36-20)19-7-8-21(22(26)9-19)18-5-3-17(4-6-18)12-32-15-31-23(10-27)24(32)30-14-28-2/h3-9,14-15,20H,10-13,27H2,1-2H3,(H,28,30)(H,29,34)/t20-/m0/s1. The van der Waals surface area contributed by atoms with E-state index in [9.17, 15) is 9.59 Å². The summed E-state index contributed by atoms with van der Waals surface area (Å²) in [4.78, 5) is 33.0. The Morgan fingerprint density at radius 3 is 2.75 bits per heavy atom. The number of amides is 2. The zero-order valence-corrected chi connectivity index (χ0v) is 20.1. The summed E-state index contributed by atoms with van der Waals surface area (Å²) >= 11 is 0. The smallest absolute Gasteiger partial charge is 0.414 e. The lowest BCUT2D eigenvalue weighted by molar-refractivity contribution is -0.119. The molecular weight excluding hydrogens is 465 g/mol. The number of carbonyl (C=O) groups excluding carboxylic acids is 2. The third-order valence-corrected chi connectivity index (χ3v) is 5.77. The Bertz CT molecular complexity index is 1270. The maximum absolute atomic E-state index is 15.0. The predicted molar refractivity (Wildman–Crippen MR) is 135 cm³/mol. The average Bonchev–Trinajstić information content (AvgIpc) is 3.44. The number of hydrogen-bond acceptors (Lipinski definition) is 6. The van der Waals surface area contributed by atoms with Gasteiger partial charge < -0.3 is 25.7 Å². The van der Waals surface area contributed by atoms with E-state index in [1.54, 1.807) is 31.8 Å². The van der Waals surface area contributed by atoms with Crippen LogP contribution in [-0.4, -0.2) is 54.1 Å². The van der Waals surface area contributed by atoms with Crippen LogP contribution in [0.1, 0.15) is 18.2 Å². The minimum atomic E-state index is -0.571. The fraction of sp³-hybridized carbons (Fsp3) is 0.280. The number of nitrogens with zero attached hydrogens (tertiary/aromatic N) is 4. The summed E-state index contributed by atoms with van der Waals surface area (Å²) in [5, 5.41) is 5.72. The van der Waals surface area contributed by atoms with E-state index >= 15 is 4.39 Å². The maximum Gasteiger partial charge on any atom is 0.414 e. The van der Waals surface area contributed by atoms with E-state index in [2.05, 4.69) is 20.6 Å². The summed E-state index contributed by atoms with van der Waals surface area (Å²) in [5.74, 6) is 0.110. The van der Waals surface area contributed by atoms with Crippen LogP contribution in [0.15, 0.2) is 53.8 Å². The Labute approximate surface area is 208 Å². The van der Waals surface area contributed by atoms with Crippen LogP contribution in [0.3, 0.4) is 0 Å². The first-order valence-corrected chi connectivity index (χ1v) is 11.4. The van der Waals surface area contributed by atoms with Crippen molar-refractivity contribution >= 4 is 29.8 Å². The van der Waals surface area contributed by atoms with Crippen molar-refractivity contribution in [2.24, 2.45) is 10.7 Å². The van der Waals surface area contributed by atoms with Gasteiger partial charge in [0.25, 0.3) is 0 Å². The molecular formula is C25H28FN7O3. The molecule has 10 nitrogen and oxygen atoms in total. The van der Waals surface area contributed by atoms with Gasteiger partial charge in [0.1, 0.15) is 17.7 Å². The number of cyclic esters (lactones) is 1. The van der Waals surface area contributed by atoms with Crippen molar-refractivity contribution in [1.29, 1.82) is 0 Å². The summed E-state index contributed by atoms with van der Waals surface area (Å²) in [5.41, 5.74) is 9.03. The number of aromatic nitrogens is 2. The normalized spacial score (nSPS) is 15.4. The summed E-state index contributed by atoms with van der Waals surface area (Å²) < 4.78 is 22.2. The lowest BCUT2D eigenvalue weighted by Crippen LogP contribution is -2.33. The molecule has 2 amide bonds. The highest BCUT2D eigenvalue weighted by atomic mass is 19.1. The van der Waals surface area contributed by atoms with E-state index in [0.717, 1.165) is 17.1 Å². The third kappa shape index (κ3) is 5.52. The Morgan fingerprint density at radius 2 is 2.08 bits per heavy atom. The molecule has 1 atom stereocenters. The van der Waals surface area contributed by atoms with E-state index in [-0.39, 0.29) is 19.0 Å². The number of aliphatic imine (C=N–C) groups is 1. The first kappa shape index (κ1) is 24.9. The fourth-order valence-corrected chi connectivity index (χ4v) is 3.97. The molecule has 1 aromatic heterocycles. The molecule has 2 aromatic carbocycles. The second kappa shape index (κ2) is 11.0. The molecule has 188 valence electrons. The van der Waals surface area contributed by atoms with Crippen LogP contribution >= 0.6 is 0 Å². The summed E-state index contributed by atoms with van der Waals surface area (Å²) in [6.07, 6.45) is 2.23. The quantitative estimate of drug-likeness (QED) is 0.311. The van der Waals surface area contributed by atoms with Gasteiger partial charge in [-0.1, -0.05) is 24.3 Å². The van der Waals surface area contributed by atoms with Gasteiger partial charge in [0.05, 0.1) is 43.7 Å². The van der Waals surface area contributed by atoms with Crippen LogP contribution in [0.2, 0.25) is 0 Å². The average molecular weight is 494 g/mol. The number of halogens is 1. The Balaban J connectivity index is 1.46. The van der Waals surface area contributed by atoms with Crippen LogP contribution in [0.25, 0.3) is 11.1 Å². The highest BCUT2D eigenvalue weighted by Gasteiger charge is 2.32. The molecule has 1 fully saturated rings. The molecule has 11 heteroatoms. The molecule has 0 aliphatic carbocycles. The molecule has 0 spiro atoms. The van der Waals surface area contributed by atoms with Crippen molar-refractivity contribution in [2.45, 2.75) is 26.1 Å². The van der Waals surface area contributed by atoms with Crippen LogP contribution in [0.4, 0.5) is 20.7 Å². The molecule has 1 saturated heterocycles. The fourth-order valence-electron chi connectivity index (χ4n) is 3.97. The molecule has 4 N–H and O–H groups in total. The van der Waals surface area contributed by atoms with Crippen molar-refractivity contribution in [2.75, 3.05) is 30.4 Å². The molecule has 36 heavy (non-hydrogen) atoms. The van der Waals surface area contributed by atoms with Crippen molar-refractivity contribution in [1.82, 2.24) is 14.9 Å². The Hall–Kier alpha value is -4.25. The van der Waals surface area contributed by atoms with Gasteiger partial charge in [-0.05, 0) is 29.3 Å². The van der Waals surface area contributed by atoms with E-state index in [4.69, 9.17) is 10.5 Å². The maximum atomic E-state index is 15.0. The molecule has 0 unspecified atom stereocenters. The summed E-state index contributed by atoms with van der Waals surface area (Å²) in [6.45, 7) is 2.67. The second-order valence-electron chi connectivity index (χ2n) is 8.32. The number of hydrogen-bond donors (Lipinski definition) is 3. The van der Waals surface area contributed by atoms with Gasteiger partial charge >= 0.3 is 6.09 Å². The molecule has 3 aromatic rings. The number of carbonyl (C=O) groups is 2. The molecule has 0 bridgehead atoms. The van der Waals surface area contributed by atoms with Gasteiger partial charge in [-0.2, -0.15) is 0 Å². The highest BCUT2D eigenvalue weighted by Crippen LogP contribution is 2.29. The van der Waals surface area contributed by atoms with Gasteiger partial charge in [-0.25, -0.2) is 14.2 Å². The van der Waals surface area contributed by atoms with E-state index in [0.29, 0.717) is 29.9 Å². The third-order valence-electron chi connectivity index (χ3n) is 5.77. The molecule has 1 aliphatic heterocycles. The Kier molecular flexibility index (Phi) is 7.59. The largest absolute Gasteiger partial charge is 0.442 e. The van der Waals surface area contributed by atoms with E-state index in [1.807, 2.05) is 28.8 Å². The van der Waals surface area contributed by atoms with Crippen LogP contribution in [0, 0.1) is 5.82 Å². The topological polar surface area (TPSA) is 127 Å². The van der Waals surface area contributed by atoms with E-state index < -0.39 is 18.0 Å². The summed E-state index contributed by atoms with van der Waals surface area (Å²) in [6, 6.07) is 12.2. The van der Waals surface area contributed by atoms with Crippen molar-refractivity contribution in [3.63, 3.8) is 0 Å². The van der Waals surface area contributed by atoms with Crippen molar-refractivity contribution < 1.29 is 18.7 Å². The minimum absolute atomic E-state index is 0.209. The zero-order valence-electron chi connectivity index (χ0n) is 20.1. The number of imidazole rings is 1. The lowest BCUT2D eigenvalue weighted by atomic mass is 10.0.